The van der Waals surface area contributed by atoms with Crippen LogP contribution in [0.25, 0.3) is 0 Å². The van der Waals surface area contributed by atoms with Gasteiger partial charge in [0, 0.05) is 38.9 Å². The second kappa shape index (κ2) is 7.02. The van der Waals surface area contributed by atoms with Gasteiger partial charge in [-0.25, -0.2) is 4.79 Å². The molecule has 3 heterocycles. The van der Waals surface area contributed by atoms with E-state index in [9.17, 15) is 4.79 Å². The molecule has 2 aliphatic heterocycles. The molecule has 25 heavy (non-hydrogen) atoms. The number of rotatable bonds is 4. The average Bonchev–Trinajstić information content (AvgIpc) is 3.31. The van der Waals surface area contributed by atoms with E-state index in [1.807, 2.05) is 23.1 Å². The predicted octanol–water partition coefficient (Wildman–Crippen LogP) is 1.17. The molecule has 2 aromatic rings. The molecule has 2 aliphatic rings. The van der Waals surface area contributed by atoms with Crippen molar-refractivity contribution in [1.29, 1.82) is 0 Å². The fourth-order valence-corrected chi connectivity index (χ4v) is 3.07. The molecule has 0 unspecified atom stereocenters. The third kappa shape index (κ3) is 3.69. The average molecular weight is 343 g/mol. The minimum atomic E-state index is -0.0303. The van der Waals surface area contributed by atoms with Crippen molar-refractivity contribution in [2.75, 3.05) is 33.0 Å². The Kier molecular flexibility index (Phi) is 4.43. The van der Waals surface area contributed by atoms with E-state index in [-0.39, 0.29) is 6.03 Å². The largest absolute Gasteiger partial charge is 0.454 e. The maximum absolute atomic E-state index is 12.2. The zero-order valence-corrected chi connectivity index (χ0v) is 13.9. The summed E-state index contributed by atoms with van der Waals surface area (Å²) in [6.07, 6.45) is 1.68. The van der Waals surface area contributed by atoms with E-state index in [2.05, 4.69) is 26.5 Å². The van der Waals surface area contributed by atoms with Crippen LogP contribution in [-0.4, -0.2) is 59.0 Å². The van der Waals surface area contributed by atoms with Gasteiger partial charge in [-0.05, 0) is 23.8 Å². The summed E-state index contributed by atoms with van der Waals surface area (Å²) in [7, 11) is 0. The van der Waals surface area contributed by atoms with E-state index >= 15 is 0 Å². The number of nitrogens with one attached hydrogen (secondary N) is 2. The summed E-state index contributed by atoms with van der Waals surface area (Å²) in [5.41, 5.74) is 2.09. The van der Waals surface area contributed by atoms with Crippen molar-refractivity contribution in [1.82, 2.24) is 25.3 Å². The van der Waals surface area contributed by atoms with Gasteiger partial charge < -0.3 is 19.7 Å². The summed E-state index contributed by atoms with van der Waals surface area (Å²) in [4.78, 5) is 16.4. The highest BCUT2D eigenvalue weighted by atomic mass is 16.7. The van der Waals surface area contributed by atoms with Crippen molar-refractivity contribution in [2.24, 2.45) is 0 Å². The first-order valence-corrected chi connectivity index (χ1v) is 8.40. The molecule has 1 aromatic heterocycles. The van der Waals surface area contributed by atoms with Crippen molar-refractivity contribution < 1.29 is 14.3 Å². The Morgan fingerprint density at radius 1 is 1.16 bits per heavy atom. The zero-order valence-electron chi connectivity index (χ0n) is 13.9. The molecule has 0 spiro atoms. The lowest BCUT2D eigenvalue weighted by molar-refractivity contribution is 0.135. The lowest BCUT2D eigenvalue weighted by Gasteiger charge is -2.34. The van der Waals surface area contributed by atoms with Crippen LogP contribution >= 0.6 is 0 Å². The molecule has 8 nitrogen and oxygen atoms in total. The third-order valence-electron chi connectivity index (χ3n) is 4.49. The maximum Gasteiger partial charge on any atom is 0.317 e. The smallest absolute Gasteiger partial charge is 0.317 e. The minimum absolute atomic E-state index is 0.0303. The minimum Gasteiger partial charge on any atom is -0.454 e. The Labute approximate surface area is 145 Å². The quantitative estimate of drug-likeness (QED) is 0.871. The molecular weight excluding hydrogens is 322 g/mol. The second-order valence-corrected chi connectivity index (χ2v) is 6.19. The summed E-state index contributed by atoms with van der Waals surface area (Å²) < 4.78 is 10.8. The molecule has 132 valence electrons. The lowest BCUT2D eigenvalue weighted by atomic mass is 10.1. The van der Waals surface area contributed by atoms with Crippen LogP contribution in [0.4, 0.5) is 4.79 Å². The molecule has 1 fully saturated rings. The lowest BCUT2D eigenvalue weighted by Crippen LogP contribution is -2.51. The van der Waals surface area contributed by atoms with E-state index < -0.39 is 0 Å². The normalized spacial score (nSPS) is 16.9. The van der Waals surface area contributed by atoms with E-state index in [1.54, 1.807) is 6.20 Å². The number of urea groups is 1. The summed E-state index contributed by atoms with van der Waals surface area (Å²) in [6.45, 7) is 4.76. The number of nitrogens with zero attached hydrogens (tertiary/aromatic N) is 3. The summed E-state index contributed by atoms with van der Waals surface area (Å²) >= 11 is 0. The van der Waals surface area contributed by atoms with Gasteiger partial charge in [0.2, 0.25) is 6.79 Å². The van der Waals surface area contributed by atoms with Crippen molar-refractivity contribution >= 4 is 6.03 Å². The van der Waals surface area contributed by atoms with Crippen LogP contribution in [0.2, 0.25) is 0 Å². The first kappa shape index (κ1) is 15.8. The first-order chi connectivity index (χ1) is 12.3. The Hall–Kier alpha value is -2.74. The highest BCUT2D eigenvalue weighted by Gasteiger charge is 2.21. The second-order valence-electron chi connectivity index (χ2n) is 6.19. The molecule has 2 N–H and O–H groups in total. The van der Waals surface area contributed by atoms with Gasteiger partial charge in [-0.3, -0.25) is 10.00 Å². The highest BCUT2D eigenvalue weighted by molar-refractivity contribution is 5.74. The molecule has 0 saturated carbocycles. The number of ether oxygens (including phenoxy) is 2. The van der Waals surface area contributed by atoms with Gasteiger partial charge in [0.1, 0.15) is 0 Å². The van der Waals surface area contributed by atoms with Crippen LogP contribution in [0, 0.1) is 0 Å². The van der Waals surface area contributed by atoms with Crippen LogP contribution in [0.3, 0.4) is 0 Å². The van der Waals surface area contributed by atoms with E-state index in [1.165, 1.54) is 5.56 Å². The molecule has 1 saturated heterocycles. The number of amides is 2. The van der Waals surface area contributed by atoms with E-state index in [0.717, 1.165) is 49.9 Å². The summed E-state index contributed by atoms with van der Waals surface area (Å²) in [5.74, 6) is 1.62. The van der Waals surface area contributed by atoms with Crippen molar-refractivity contribution in [3.8, 4) is 11.5 Å². The van der Waals surface area contributed by atoms with Crippen LogP contribution in [-0.2, 0) is 13.1 Å². The summed E-state index contributed by atoms with van der Waals surface area (Å²) in [6, 6.07) is 7.88. The number of carbonyl (C=O) groups excluding carboxylic acids is 1. The van der Waals surface area contributed by atoms with Crippen LogP contribution in [0.1, 0.15) is 11.3 Å². The van der Waals surface area contributed by atoms with E-state index in [0.29, 0.717) is 13.3 Å². The maximum atomic E-state index is 12.2. The predicted molar refractivity (Wildman–Crippen MR) is 90.2 cm³/mol. The van der Waals surface area contributed by atoms with Gasteiger partial charge in [0.25, 0.3) is 0 Å². The number of fused-ring (bicyclic) bond motifs is 1. The molecule has 0 aliphatic carbocycles. The van der Waals surface area contributed by atoms with Crippen molar-refractivity contribution in [3.05, 3.63) is 41.7 Å². The van der Waals surface area contributed by atoms with Gasteiger partial charge in [0.15, 0.2) is 11.5 Å². The van der Waals surface area contributed by atoms with Gasteiger partial charge in [-0.1, -0.05) is 6.07 Å². The molecule has 0 radical (unpaired) electrons. The number of piperazine rings is 1. The van der Waals surface area contributed by atoms with E-state index in [4.69, 9.17) is 9.47 Å². The van der Waals surface area contributed by atoms with Gasteiger partial charge >= 0.3 is 6.03 Å². The van der Waals surface area contributed by atoms with Crippen molar-refractivity contribution in [3.63, 3.8) is 0 Å². The molecule has 0 bridgehead atoms. The fraction of sp³-hybridized carbons (Fsp3) is 0.412. The van der Waals surface area contributed by atoms with Crippen LogP contribution < -0.4 is 14.8 Å². The third-order valence-corrected chi connectivity index (χ3v) is 4.49. The number of aromatic amines is 1. The molecule has 2 amide bonds. The Bertz CT molecular complexity index is 726. The van der Waals surface area contributed by atoms with Crippen LogP contribution in [0.15, 0.2) is 30.5 Å². The van der Waals surface area contributed by atoms with Gasteiger partial charge in [0.05, 0.1) is 12.2 Å². The molecular formula is C17H21N5O3. The number of benzene rings is 1. The number of H-pyrrole nitrogens is 1. The Morgan fingerprint density at radius 2 is 2.00 bits per heavy atom. The standard InChI is InChI=1S/C17H21N5O3/c23-17(18-10-14-3-4-19-20-14)22-7-5-21(6-8-22)11-13-1-2-15-16(9-13)25-12-24-15/h1-4,9H,5-8,10-12H2,(H,18,23)(H,19,20). The Balaban J connectivity index is 1.24. The fourth-order valence-electron chi connectivity index (χ4n) is 3.07. The molecule has 4 rings (SSSR count). The Morgan fingerprint density at radius 3 is 2.80 bits per heavy atom. The first-order valence-electron chi connectivity index (χ1n) is 8.40. The number of carbonyl (C=O) groups is 1. The zero-order chi connectivity index (χ0) is 17.1. The number of aromatic nitrogens is 2. The van der Waals surface area contributed by atoms with Crippen LogP contribution in [0.5, 0.6) is 11.5 Å². The molecule has 1 aromatic carbocycles. The monoisotopic (exact) mass is 343 g/mol. The number of hydrogen-bond acceptors (Lipinski definition) is 5. The number of hydrogen-bond donors (Lipinski definition) is 2. The summed E-state index contributed by atoms with van der Waals surface area (Å²) in [5, 5.41) is 9.62. The van der Waals surface area contributed by atoms with Crippen molar-refractivity contribution in [2.45, 2.75) is 13.1 Å². The molecule has 8 heteroatoms. The molecule has 0 atom stereocenters. The topological polar surface area (TPSA) is 82.7 Å². The van der Waals surface area contributed by atoms with Gasteiger partial charge in [-0.2, -0.15) is 5.10 Å². The highest BCUT2D eigenvalue weighted by Crippen LogP contribution is 2.32. The van der Waals surface area contributed by atoms with Gasteiger partial charge in [-0.15, -0.1) is 0 Å². The SMILES string of the molecule is O=C(NCc1ccn[nH]1)N1CCN(Cc2ccc3c(c2)OCO3)CC1.